The number of amides is 1. The van der Waals surface area contributed by atoms with E-state index in [0.717, 1.165) is 16.7 Å². The SMILES string of the molecule is COc1cccc(OC)c1-c1ccc(CC(NC(=O)[C@@H]2C[C@@H](c3ccccc3)CN2S(=O)(=O)c2ccccc2)C(=O)O)cc1. The molecule has 1 amide bonds. The van der Waals surface area contributed by atoms with Gasteiger partial charge in [-0.3, -0.25) is 4.79 Å². The van der Waals surface area contributed by atoms with Crippen LogP contribution in [-0.4, -0.2) is 62.6 Å². The highest BCUT2D eigenvalue weighted by atomic mass is 32.2. The van der Waals surface area contributed by atoms with E-state index in [1.807, 2.05) is 60.7 Å². The Bertz CT molecular complexity index is 1690. The Morgan fingerprint density at radius 1 is 0.864 bits per heavy atom. The molecule has 1 aliphatic rings. The summed E-state index contributed by atoms with van der Waals surface area (Å²) in [4.78, 5) is 26.1. The molecule has 0 bridgehead atoms. The standard InChI is InChI=1S/C34H34N2O7S/c1-42-30-14-9-15-31(43-2)32(30)25-18-16-23(17-19-25)20-28(34(38)39)35-33(37)29-21-26(24-10-5-3-6-11-24)22-36(29)44(40,41)27-12-7-4-8-13-27/h3-19,26,28-29H,20-22H2,1-2H3,(H,35,37)(H,38,39)/t26-,28?,29+/m1/s1. The number of carbonyl (C=O) groups excluding carboxylic acids is 1. The van der Waals surface area contributed by atoms with Gasteiger partial charge < -0.3 is 19.9 Å². The van der Waals surface area contributed by atoms with Crippen molar-refractivity contribution in [3.05, 3.63) is 114 Å². The number of benzene rings is 4. The number of ether oxygens (including phenoxy) is 2. The van der Waals surface area contributed by atoms with Gasteiger partial charge in [0.25, 0.3) is 0 Å². The van der Waals surface area contributed by atoms with Crippen molar-refractivity contribution in [2.75, 3.05) is 20.8 Å². The molecule has 0 radical (unpaired) electrons. The highest BCUT2D eigenvalue weighted by Crippen LogP contribution is 2.38. The first-order valence-corrected chi connectivity index (χ1v) is 15.6. The normalized spacial score (nSPS) is 17.5. The molecule has 1 aliphatic heterocycles. The molecular formula is C34H34N2O7S. The molecule has 0 aromatic heterocycles. The number of methoxy groups -OCH3 is 2. The summed E-state index contributed by atoms with van der Waals surface area (Å²) in [6.07, 6.45) is 0.231. The number of hydrogen-bond donors (Lipinski definition) is 2. The van der Waals surface area contributed by atoms with Gasteiger partial charge in [0.05, 0.1) is 24.7 Å². The van der Waals surface area contributed by atoms with Crippen LogP contribution in [0.3, 0.4) is 0 Å². The van der Waals surface area contributed by atoms with Crippen LogP contribution < -0.4 is 14.8 Å². The number of rotatable bonds is 11. The third kappa shape index (κ3) is 6.46. The molecule has 4 aromatic carbocycles. The van der Waals surface area contributed by atoms with Crippen molar-refractivity contribution in [1.82, 2.24) is 9.62 Å². The first kappa shape index (κ1) is 30.8. The molecule has 3 atom stereocenters. The number of carbonyl (C=O) groups is 2. The van der Waals surface area contributed by atoms with E-state index in [0.29, 0.717) is 17.1 Å². The van der Waals surface area contributed by atoms with Crippen LogP contribution in [-0.2, 0) is 26.0 Å². The molecule has 228 valence electrons. The van der Waals surface area contributed by atoms with Crippen LogP contribution in [0.15, 0.2) is 108 Å². The van der Waals surface area contributed by atoms with Crippen LogP contribution in [0.1, 0.15) is 23.5 Å². The fourth-order valence-corrected chi connectivity index (χ4v) is 7.32. The Kier molecular flexibility index (Phi) is 9.32. The van der Waals surface area contributed by atoms with Crippen molar-refractivity contribution in [2.45, 2.75) is 35.7 Å². The highest BCUT2D eigenvalue weighted by Gasteiger charge is 2.45. The third-order valence-electron chi connectivity index (χ3n) is 7.90. The van der Waals surface area contributed by atoms with Crippen molar-refractivity contribution in [1.29, 1.82) is 0 Å². The van der Waals surface area contributed by atoms with Crippen LogP contribution in [0.5, 0.6) is 11.5 Å². The predicted octanol–water partition coefficient (Wildman–Crippen LogP) is 4.73. The van der Waals surface area contributed by atoms with Crippen LogP contribution >= 0.6 is 0 Å². The van der Waals surface area contributed by atoms with E-state index < -0.39 is 34.0 Å². The van der Waals surface area contributed by atoms with E-state index >= 15 is 0 Å². The second-order valence-corrected chi connectivity index (χ2v) is 12.5. The Hall–Kier alpha value is -4.67. The smallest absolute Gasteiger partial charge is 0.326 e. The number of nitrogens with zero attached hydrogens (tertiary/aromatic N) is 1. The molecule has 5 rings (SSSR count). The van der Waals surface area contributed by atoms with Gasteiger partial charge in [0, 0.05) is 13.0 Å². The largest absolute Gasteiger partial charge is 0.496 e. The highest BCUT2D eigenvalue weighted by molar-refractivity contribution is 7.89. The minimum absolute atomic E-state index is 0.00464. The molecule has 4 aromatic rings. The van der Waals surface area contributed by atoms with Gasteiger partial charge in [-0.15, -0.1) is 0 Å². The van der Waals surface area contributed by atoms with Gasteiger partial charge in [-0.05, 0) is 53.3 Å². The quantitative estimate of drug-likeness (QED) is 0.251. The lowest BCUT2D eigenvalue weighted by atomic mass is 9.96. The number of carboxylic acids is 1. The maximum atomic E-state index is 13.7. The summed E-state index contributed by atoms with van der Waals surface area (Å²) < 4.78 is 39.6. The number of sulfonamides is 1. The summed E-state index contributed by atoms with van der Waals surface area (Å²) in [7, 11) is -0.877. The molecule has 0 spiro atoms. The van der Waals surface area contributed by atoms with Crippen LogP contribution in [0.25, 0.3) is 11.1 Å². The van der Waals surface area contributed by atoms with Crippen LogP contribution in [0.4, 0.5) is 0 Å². The Labute approximate surface area is 257 Å². The average Bonchev–Trinajstić information content (AvgIpc) is 3.52. The number of aliphatic carboxylic acids is 1. The fraction of sp³-hybridized carbons (Fsp3) is 0.235. The van der Waals surface area contributed by atoms with Crippen molar-refractivity contribution < 1.29 is 32.6 Å². The summed E-state index contributed by atoms with van der Waals surface area (Å²) in [6, 6.07) is 27.8. The van der Waals surface area contributed by atoms with Crippen LogP contribution in [0, 0.1) is 0 Å². The lowest BCUT2D eigenvalue weighted by Gasteiger charge is -2.25. The van der Waals surface area contributed by atoms with Crippen molar-refractivity contribution in [3.8, 4) is 22.6 Å². The molecule has 44 heavy (non-hydrogen) atoms. The van der Waals surface area contributed by atoms with E-state index in [1.54, 1.807) is 44.6 Å². The second kappa shape index (κ2) is 13.3. The molecule has 9 nitrogen and oxygen atoms in total. The zero-order chi connectivity index (χ0) is 31.3. The second-order valence-electron chi connectivity index (χ2n) is 10.6. The van der Waals surface area contributed by atoms with Crippen molar-refractivity contribution in [2.24, 2.45) is 0 Å². The van der Waals surface area contributed by atoms with E-state index in [4.69, 9.17) is 9.47 Å². The lowest BCUT2D eigenvalue weighted by molar-refractivity contribution is -0.142. The average molecular weight is 615 g/mol. The topological polar surface area (TPSA) is 122 Å². The van der Waals surface area contributed by atoms with Gasteiger partial charge >= 0.3 is 5.97 Å². The van der Waals surface area contributed by atoms with Crippen molar-refractivity contribution >= 4 is 21.9 Å². The summed E-state index contributed by atoms with van der Waals surface area (Å²) >= 11 is 0. The molecule has 1 heterocycles. The minimum atomic E-state index is -4.03. The van der Waals surface area contributed by atoms with Gasteiger partial charge in [0.2, 0.25) is 15.9 Å². The lowest BCUT2D eigenvalue weighted by Crippen LogP contribution is -2.51. The molecule has 1 saturated heterocycles. The van der Waals surface area contributed by atoms with Crippen molar-refractivity contribution in [3.63, 3.8) is 0 Å². The van der Waals surface area contributed by atoms with Gasteiger partial charge in [0.15, 0.2) is 0 Å². The number of nitrogens with one attached hydrogen (secondary N) is 1. The van der Waals surface area contributed by atoms with E-state index in [-0.39, 0.29) is 30.2 Å². The van der Waals surface area contributed by atoms with Gasteiger partial charge in [-0.1, -0.05) is 78.9 Å². The zero-order valence-electron chi connectivity index (χ0n) is 24.4. The maximum absolute atomic E-state index is 13.7. The third-order valence-corrected chi connectivity index (χ3v) is 9.79. The van der Waals surface area contributed by atoms with E-state index in [1.165, 1.54) is 16.4 Å². The predicted molar refractivity (Wildman–Crippen MR) is 166 cm³/mol. The fourth-order valence-electron chi connectivity index (χ4n) is 5.65. The first-order chi connectivity index (χ1) is 21.2. The Morgan fingerprint density at radius 3 is 2.02 bits per heavy atom. The molecule has 1 fully saturated rings. The summed E-state index contributed by atoms with van der Waals surface area (Å²) in [5.74, 6) is -0.829. The minimum Gasteiger partial charge on any atom is -0.496 e. The Balaban J connectivity index is 1.37. The summed E-state index contributed by atoms with van der Waals surface area (Å²) in [6.45, 7) is 0.102. The van der Waals surface area contributed by atoms with Gasteiger partial charge in [0.1, 0.15) is 23.6 Å². The first-order valence-electron chi connectivity index (χ1n) is 14.2. The Morgan fingerprint density at radius 2 is 1.45 bits per heavy atom. The summed E-state index contributed by atoms with van der Waals surface area (Å²) in [5, 5.41) is 12.7. The van der Waals surface area contributed by atoms with Gasteiger partial charge in [-0.2, -0.15) is 4.31 Å². The molecule has 1 unspecified atom stereocenters. The van der Waals surface area contributed by atoms with Crippen LogP contribution in [0.2, 0.25) is 0 Å². The molecule has 0 saturated carbocycles. The number of hydrogen-bond acceptors (Lipinski definition) is 6. The molecule has 0 aliphatic carbocycles. The maximum Gasteiger partial charge on any atom is 0.326 e. The zero-order valence-corrected chi connectivity index (χ0v) is 25.2. The summed E-state index contributed by atoms with van der Waals surface area (Å²) in [5.41, 5.74) is 3.18. The monoisotopic (exact) mass is 614 g/mol. The molecular weight excluding hydrogens is 580 g/mol. The van der Waals surface area contributed by atoms with E-state index in [2.05, 4.69) is 5.32 Å². The molecule has 2 N–H and O–H groups in total. The number of carboxylic acid groups (broad SMARTS) is 1. The van der Waals surface area contributed by atoms with E-state index in [9.17, 15) is 23.1 Å². The van der Waals surface area contributed by atoms with Gasteiger partial charge in [-0.25, -0.2) is 13.2 Å². The molecule has 10 heteroatoms.